The standard InChI is InChI=1S/C24H36N6O2.HI/c1-5-32-21-15-20(24(21)12-6-13-24)27-23(26-16-22-29-28-17(2)30(22)3)25-14-11-18-7-9-19(31-4)10-8-18;/h7-10,20-21H,5-6,11-16H2,1-4H3,(H2,25,26,27);1H. The number of rotatable bonds is 9. The second-order valence-corrected chi connectivity index (χ2v) is 8.88. The summed E-state index contributed by atoms with van der Waals surface area (Å²) in [6, 6.07) is 8.62. The monoisotopic (exact) mass is 568 g/mol. The van der Waals surface area contributed by atoms with Gasteiger partial charge in [-0.3, -0.25) is 0 Å². The first-order valence-corrected chi connectivity index (χ1v) is 11.7. The number of aliphatic imine (C=N–C) groups is 1. The van der Waals surface area contributed by atoms with Gasteiger partial charge in [-0.25, -0.2) is 4.99 Å². The number of guanidine groups is 1. The summed E-state index contributed by atoms with van der Waals surface area (Å²) in [5.41, 5.74) is 1.53. The first-order chi connectivity index (χ1) is 15.6. The summed E-state index contributed by atoms with van der Waals surface area (Å²) in [5.74, 6) is 3.47. The lowest BCUT2D eigenvalue weighted by molar-refractivity contribution is -0.168. The number of hydrogen-bond acceptors (Lipinski definition) is 5. The van der Waals surface area contributed by atoms with E-state index in [2.05, 4.69) is 39.9 Å². The molecule has 2 aliphatic carbocycles. The summed E-state index contributed by atoms with van der Waals surface area (Å²) >= 11 is 0. The minimum Gasteiger partial charge on any atom is -0.497 e. The highest BCUT2D eigenvalue weighted by atomic mass is 127. The Balaban J connectivity index is 0.00000306. The van der Waals surface area contributed by atoms with Crippen LogP contribution in [0.4, 0.5) is 0 Å². The lowest BCUT2D eigenvalue weighted by Crippen LogP contribution is -2.68. The van der Waals surface area contributed by atoms with E-state index in [1.54, 1.807) is 7.11 Å². The molecule has 2 fully saturated rings. The van der Waals surface area contributed by atoms with Crippen LogP contribution in [0.3, 0.4) is 0 Å². The Bertz CT molecular complexity index is 926. The molecule has 0 bridgehead atoms. The van der Waals surface area contributed by atoms with Crippen molar-refractivity contribution < 1.29 is 9.47 Å². The van der Waals surface area contributed by atoms with Crippen LogP contribution in [0.15, 0.2) is 29.3 Å². The lowest BCUT2D eigenvalue weighted by atomic mass is 9.51. The van der Waals surface area contributed by atoms with Crippen molar-refractivity contribution >= 4 is 29.9 Å². The molecule has 0 saturated heterocycles. The van der Waals surface area contributed by atoms with Crippen molar-refractivity contribution in [1.82, 2.24) is 25.4 Å². The third kappa shape index (κ3) is 5.62. The van der Waals surface area contributed by atoms with Gasteiger partial charge in [0.05, 0.1) is 13.2 Å². The molecular weight excluding hydrogens is 531 g/mol. The Kier molecular flexibility index (Phi) is 8.97. The Morgan fingerprint density at radius 1 is 1.24 bits per heavy atom. The van der Waals surface area contributed by atoms with Gasteiger partial charge in [-0.1, -0.05) is 18.6 Å². The van der Waals surface area contributed by atoms with E-state index in [1.165, 1.54) is 24.8 Å². The molecule has 182 valence electrons. The molecule has 0 amide bonds. The van der Waals surface area contributed by atoms with Crippen molar-refractivity contribution in [2.24, 2.45) is 17.5 Å². The molecule has 2 aliphatic rings. The van der Waals surface area contributed by atoms with Gasteiger partial charge < -0.3 is 24.7 Å². The summed E-state index contributed by atoms with van der Waals surface area (Å²) in [4.78, 5) is 4.85. The first-order valence-electron chi connectivity index (χ1n) is 11.7. The molecule has 4 rings (SSSR count). The van der Waals surface area contributed by atoms with E-state index in [0.29, 0.717) is 18.7 Å². The van der Waals surface area contributed by atoms with Crippen molar-refractivity contribution in [3.8, 4) is 5.75 Å². The molecule has 1 heterocycles. The van der Waals surface area contributed by atoms with Crippen LogP contribution in [0.2, 0.25) is 0 Å². The number of ether oxygens (including phenoxy) is 2. The maximum Gasteiger partial charge on any atom is 0.191 e. The summed E-state index contributed by atoms with van der Waals surface area (Å²) in [6.45, 7) is 6.11. The summed E-state index contributed by atoms with van der Waals surface area (Å²) in [5, 5.41) is 15.7. The largest absolute Gasteiger partial charge is 0.497 e. The number of hydrogen-bond donors (Lipinski definition) is 2. The normalized spacial score (nSPS) is 21.0. The number of aromatic nitrogens is 3. The average Bonchev–Trinajstić information content (AvgIpc) is 3.07. The summed E-state index contributed by atoms with van der Waals surface area (Å²) < 4.78 is 13.3. The van der Waals surface area contributed by atoms with E-state index in [-0.39, 0.29) is 29.4 Å². The van der Waals surface area contributed by atoms with Gasteiger partial charge in [0.2, 0.25) is 0 Å². The first kappa shape index (κ1) is 25.7. The van der Waals surface area contributed by atoms with Gasteiger partial charge in [-0.05, 0) is 57.2 Å². The molecular formula is C24H37IN6O2. The van der Waals surface area contributed by atoms with Gasteiger partial charge in [-0.15, -0.1) is 34.2 Å². The van der Waals surface area contributed by atoms with Crippen LogP contribution in [0.25, 0.3) is 0 Å². The molecule has 1 spiro atoms. The molecule has 0 radical (unpaired) electrons. The quantitative estimate of drug-likeness (QED) is 0.274. The number of aryl methyl sites for hydroxylation is 1. The third-order valence-corrected chi connectivity index (χ3v) is 7.17. The Labute approximate surface area is 214 Å². The smallest absolute Gasteiger partial charge is 0.191 e. The summed E-state index contributed by atoms with van der Waals surface area (Å²) in [6.07, 6.45) is 6.08. The predicted molar refractivity (Wildman–Crippen MR) is 140 cm³/mol. The van der Waals surface area contributed by atoms with E-state index in [9.17, 15) is 0 Å². The minimum atomic E-state index is 0. The SMILES string of the molecule is CCOC1CC(NC(=NCc2nnc(C)n2C)NCCc2ccc(OC)cc2)C12CCC2.I. The van der Waals surface area contributed by atoms with Crippen LogP contribution < -0.4 is 15.4 Å². The van der Waals surface area contributed by atoms with E-state index >= 15 is 0 Å². The van der Waals surface area contributed by atoms with Gasteiger partial charge in [0.1, 0.15) is 18.1 Å². The van der Waals surface area contributed by atoms with Crippen LogP contribution in [0, 0.1) is 12.3 Å². The molecule has 8 nitrogen and oxygen atoms in total. The molecule has 2 N–H and O–H groups in total. The highest BCUT2D eigenvalue weighted by molar-refractivity contribution is 14.0. The number of nitrogens with one attached hydrogen (secondary N) is 2. The van der Waals surface area contributed by atoms with E-state index in [0.717, 1.165) is 49.4 Å². The second-order valence-electron chi connectivity index (χ2n) is 8.88. The fourth-order valence-corrected chi connectivity index (χ4v) is 4.81. The zero-order chi connectivity index (χ0) is 22.6. The van der Waals surface area contributed by atoms with Gasteiger partial charge >= 0.3 is 0 Å². The molecule has 1 aromatic heterocycles. The number of nitrogens with zero attached hydrogens (tertiary/aromatic N) is 4. The van der Waals surface area contributed by atoms with Gasteiger partial charge in [0.25, 0.3) is 0 Å². The molecule has 1 aromatic carbocycles. The topological polar surface area (TPSA) is 85.6 Å². The Hall–Kier alpha value is -1.88. The van der Waals surface area contributed by atoms with Gasteiger partial charge in [0.15, 0.2) is 11.8 Å². The highest BCUT2D eigenvalue weighted by Gasteiger charge is 2.59. The highest BCUT2D eigenvalue weighted by Crippen LogP contribution is 2.57. The third-order valence-electron chi connectivity index (χ3n) is 7.17. The van der Waals surface area contributed by atoms with Crippen molar-refractivity contribution in [3.05, 3.63) is 41.5 Å². The Morgan fingerprint density at radius 2 is 2.00 bits per heavy atom. The number of methoxy groups -OCH3 is 1. The molecule has 2 atom stereocenters. The number of halogens is 1. The summed E-state index contributed by atoms with van der Waals surface area (Å²) in [7, 11) is 3.67. The van der Waals surface area contributed by atoms with E-state index in [1.807, 2.05) is 30.7 Å². The molecule has 2 saturated carbocycles. The van der Waals surface area contributed by atoms with Crippen molar-refractivity contribution in [2.45, 2.75) is 64.6 Å². The van der Waals surface area contributed by atoms with Crippen molar-refractivity contribution in [3.63, 3.8) is 0 Å². The van der Waals surface area contributed by atoms with Crippen LogP contribution in [0.5, 0.6) is 5.75 Å². The predicted octanol–water partition coefficient (Wildman–Crippen LogP) is 3.38. The van der Waals surface area contributed by atoms with Gasteiger partial charge in [-0.2, -0.15) is 0 Å². The van der Waals surface area contributed by atoms with Crippen LogP contribution in [-0.2, 0) is 24.8 Å². The van der Waals surface area contributed by atoms with Crippen LogP contribution >= 0.6 is 24.0 Å². The van der Waals surface area contributed by atoms with Crippen LogP contribution in [0.1, 0.15) is 49.8 Å². The molecule has 2 unspecified atom stereocenters. The van der Waals surface area contributed by atoms with Crippen molar-refractivity contribution in [2.75, 3.05) is 20.3 Å². The zero-order valence-corrected chi connectivity index (χ0v) is 22.5. The molecule has 9 heteroatoms. The lowest BCUT2D eigenvalue weighted by Gasteiger charge is -2.61. The average molecular weight is 569 g/mol. The van der Waals surface area contributed by atoms with E-state index < -0.39 is 0 Å². The maximum absolute atomic E-state index is 6.02. The van der Waals surface area contributed by atoms with E-state index in [4.69, 9.17) is 14.5 Å². The van der Waals surface area contributed by atoms with Crippen molar-refractivity contribution in [1.29, 1.82) is 0 Å². The molecule has 33 heavy (non-hydrogen) atoms. The Morgan fingerprint density at radius 3 is 2.58 bits per heavy atom. The molecule has 0 aliphatic heterocycles. The van der Waals surface area contributed by atoms with Crippen LogP contribution in [-0.4, -0.2) is 53.1 Å². The minimum absolute atomic E-state index is 0. The maximum atomic E-state index is 6.02. The second kappa shape index (κ2) is 11.5. The van der Waals surface area contributed by atoms with Gasteiger partial charge in [0, 0.05) is 31.7 Å². The number of benzene rings is 1. The zero-order valence-electron chi connectivity index (χ0n) is 20.1. The molecule has 2 aromatic rings. The fourth-order valence-electron chi connectivity index (χ4n) is 4.81. The fraction of sp³-hybridized carbons (Fsp3) is 0.625.